The lowest BCUT2D eigenvalue weighted by Crippen LogP contribution is -2.26. The Morgan fingerprint density at radius 3 is 3.00 bits per heavy atom. The molecule has 84 valence electrons. The van der Waals surface area contributed by atoms with E-state index in [0.717, 1.165) is 19.3 Å². The standard InChI is InChI=1S/C13H21NO/c1-3-5-6-7-12-8-10-13(11-14,15-12)9-4-2/h4,12H,2-3,5-10H2,1H3/t12-,13+/m0/s1. The van der Waals surface area contributed by atoms with Crippen molar-refractivity contribution in [3.8, 4) is 6.07 Å². The molecule has 0 spiro atoms. The van der Waals surface area contributed by atoms with Gasteiger partial charge in [-0.1, -0.05) is 32.3 Å². The number of ether oxygens (including phenoxy) is 1. The second-order valence-electron chi connectivity index (χ2n) is 4.37. The lowest BCUT2D eigenvalue weighted by Gasteiger charge is -2.20. The van der Waals surface area contributed by atoms with Crippen molar-refractivity contribution < 1.29 is 4.74 Å². The maximum absolute atomic E-state index is 9.11. The summed E-state index contributed by atoms with van der Waals surface area (Å²) in [6.07, 6.45) is 9.48. The van der Waals surface area contributed by atoms with Crippen LogP contribution in [0.2, 0.25) is 0 Å². The highest BCUT2D eigenvalue weighted by molar-refractivity contribution is 5.08. The van der Waals surface area contributed by atoms with Crippen LogP contribution in [0.1, 0.15) is 51.9 Å². The molecule has 0 aliphatic carbocycles. The SMILES string of the molecule is C=CC[C@]1(C#N)CC[C@H](CCCCC)O1. The lowest BCUT2D eigenvalue weighted by molar-refractivity contribution is -0.00464. The molecular weight excluding hydrogens is 186 g/mol. The third kappa shape index (κ3) is 3.35. The van der Waals surface area contributed by atoms with Crippen molar-refractivity contribution in [2.24, 2.45) is 0 Å². The number of hydrogen-bond acceptors (Lipinski definition) is 2. The van der Waals surface area contributed by atoms with Crippen molar-refractivity contribution in [2.75, 3.05) is 0 Å². The van der Waals surface area contributed by atoms with Gasteiger partial charge in [0, 0.05) is 6.42 Å². The van der Waals surface area contributed by atoms with Gasteiger partial charge in [0.25, 0.3) is 0 Å². The third-order valence-corrected chi connectivity index (χ3v) is 3.07. The molecule has 0 amide bonds. The zero-order chi connectivity index (χ0) is 11.1. The molecule has 2 nitrogen and oxygen atoms in total. The molecule has 1 saturated heterocycles. The second-order valence-corrected chi connectivity index (χ2v) is 4.37. The molecule has 0 aromatic carbocycles. The fraction of sp³-hybridized carbons (Fsp3) is 0.769. The quantitative estimate of drug-likeness (QED) is 0.492. The molecule has 1 aliphatic rings. The molecular formula is C13H21NO. The van der Waals surface area contributed by atoms with Crippen molar-refractivity contribution in [3.05, 3.63) is 12.7 Å². The van der Waals surface area contributed by atoms with Gasteiger partial charge < -0.3 is 4.74 Å². The van der Waals surface area contributed by atoms with Crippen LogP contribution >= 0.6 is 0 Å². The van der Waals surface area contributed by atoms with Gasteiger partial charge in [0.05, 0.1) is 12.2 Å². The van der Waals surface area contributed by atoms with Gasteiger partial charge in [-0.15, -0.1) is 6.58 Å². The maximum Gasteiger partial charge on any atom is 0.158 e. The first-order valence-electron chi connectivity index (χ1n) is 5.96. The van der Waals surface area contributed by atoms with E-state index in [0.29, 0.717) is 12.5 Å². The van der Waals surface area contributed by atoms with E-state index in [1.165, 1.54) is 19.3 Å². The molecule has 0 N–H and O–H groups in total. The summed E-state index contributed by atoms with van der Waals surface area (Å²) in [6, 6.07) is 2.31. The Morgan fingerprint density at radius 1 is 1.60 bits per heavy atom. The zero-order valence-corrected chi connectivity index (χ0v) is 9.67. The summed E-state index contributed by atoms with van der Waals surface area (Å²) in [7, 11) is 0. The van der Waals surface area contributed by atoms with Crippen LogP contribution in [-0.4, -0.2) is 11.7 Å². The molecule has 1 rings (SSSR count). The first kappa shape index (κ1) is 12.3. The largest absolute Gasteiger partial charge is 0.357 e. The molecule has 1 heterocycles. The normalized spacial score (nSPS) is 30.0. The van der Waals surface area contributed by atoms with E-state index in [9.17, 15) is 0 Å². The van der Waals surface area contributed by atoms with E-state index < -0.39 is 5.60 Å². The Bertz CT molecular complexity index is 243. The number of rotatable bonds is 6. The molecule has 1 fully saturated rings. The van der Waals surface area contributed by atoms with Crippen molar-refractivity contribution in [1.82, 2.24) is 0 Å². The fourth-order valence-electron chi connectivity index (χ4n) is 2.17. The van der Waals surface area contributed by atoms with Crippen molar-refractivity contribution in [1.29, 1.82) is 5.26 Å². The molecule has 2 atom stereocenters. The summed E-state index contributed by atoms with van der Waals surface area (Å²) in [5.41, 5.74) is -0.557. The van der Waals surface area contributed by atoms with E-state index in [-0.39, 0.29) is 0 Å². The topological polar surface area (TPSA) is 33.0 Å². The van der Waals surface area contributed by atoms with Crippen molar-refractivity contribution >= 4 is 0 Å². The molecule has 0 aromatic rings. The highest BCUT2D eigenvalue weighted by Crippen LogP contribution is 2.35. The van der Waals surface area contributed by atoms with E-state index >= 15 is 0 Å². The van der Waals surface area contributed by atoms with Crippen molar-refractivity contribution in [2.45, 2.75) is 63.6 Å². The average molecular weight is 207 g/mol. The van der Waals surface area contributed by atoms with E-state index in [1.54, 1.807) is 6.08 Å². The minimum Gasteiger partial charge on any atom is -0.357 e. The lowest BCUT2D eigenvalue weighted by atomic mass is 9.97. The van der Waals surface area contributed by atoms with Crippen LogP contribution in [0, 0.1) is 11.3 Å². The Labute approximate surface area is 92.9 Å². The van der Waals surface area contributed by atoms with Gasteiger partial charge in [0.2, 0.25) is 0 Å². The Kier molecular flexibility index (Phi) is 4.84. The zero-order valence-electron chi connectivity index (χ0n) is 9.67. The van der Waals surface area contributed by atoms with Gasteiger partial charge >= 0.3 is 0 Å². The van der Waals surface area contributed by atoms with Crippen molar-refractivity contribution in [3.63, 3.8) is 0 Å². The predicted molar refractivity (Wildman–Crippen MR) is 61.4 cm³/mol. The van der Waals surface area contributed by atoms with Crippen LogP contribution in [0.25, 0.3) is 0 Å². The second kappa shape index (κ2) is 5.92. The Hall–Kier alpha value is -0.810. The summed E-state index contributed by atoms with van der Waals surface area (Å²) >= 11 is 0. The first-order valence-corrected chi connectivity index (χ1v) is 5.96. The summed E-state index contributed by atoms with van der Waals surface area (Å²) in [5.74, 6) is 0. The summed E-state index contributed by atoms with van der Waals surface area (Å²) in [5, 5.41) is 9.11. The van der Waals surface area contributed by atoms with Crippen LogP contribution in [0.4, 0.5) is 0 Å². The molecule has 15 heavy (non-hydrogen) atoms. The number of nitrogens with zero attached hydrogens (tertiary/aromatic N) is 1. The monoisotopic (exact) mass is 207 g/mol. The molecule has 1 aliphatic heterocycles. The summed E-state index contributed by atoms with van der Waals surface area (Å²) < 4.78 is 5.85. The van der Waals surface area contributed by atoms with Crippen LogP contribution in [0.15, 0.2) is 12.7 Å². The fourth-order valence-corrected chi connectivity index (χ4v) is 2.17. The third-order valence-electron chi connectivity index (χ3n) is 3.07. The predicted octanol–water partition coefficient (Wildman–Crippen LogP) is 3.58. The number of unbranched alkanes of at least 4 members (excludes halogenated alkanes) is 2. The molecule has 0 bridgehead atoms. The van der Waals surface area contributed by atoms with E-state index in [1.807, 2.05) is 0 Å². The van der Waals surface area contributed by atoms with Gasteiger partial charge in [0.15, 0.2) is 5.60 Å². The molecule has 0 aromatic heterocycles. The Morgan fingerprint density at radius 2 is 2.40 bits per heavy atom. The van der Waals surface area contributed by atoms with Crippen LogP contribution in [0.3, 0.4) is 0 Å². The average Bonchev–Trinajstić information content (AvgIpc) is 2.64. The van der Waals surface area contributed by atoms with Gasteiger partial charge in [-0.25, -0.2) is 0 Å². The van der Waals surface area contributed by atoms with Gasteiger partial charge in [-0.3, -0.25) is 0 Å². The summed E-state index contributed by atoms with van der Waals surface area (Å²) in [6.45, 7) is 5.89. The number of nitriles is 1. The van der Waals surface area contributed by atoms with E-state index in [4.69, 9.17) is 10.00 Å². The highest BCUT2D eigenvalue weighted by Gasteiger charge is 2.38. The maximum atomic E-state index is 9.11. The van der Waals surface area contributed by atoms with E-state index in [2.05, 4.69) is 19.6 Å². The van der Waals surface area contributed by atoms with Crippen LogP contribution in [-0.2, 0) is 4.74 Å². The first-order chi connectivity index (χ1) is 7.26. The smallest absolute Gasteiger partial charge is 0.158 e. The molecule has 0 saturated carbocycles. The minimum atomic E-state index is -0.557. The minimum absolute atomic E-state index is 0.302. The highest BCUT2D eigenvalue weighted by atomic mass is 16.5. The Balaban J connectivity index is 2.36. The van der Waals surface area contributed by atoms with Gasteiger partial charge in [-0.2, -0.15) is 5.26 Å². The van der Waals surface area contributed by atoms with Gasteiger partial charge in [-0.05, 0) is 19.3 Å². The van der Waals surface area contributed by atoms with Gasteiger partial charge in [0.1, 0.15) is 0 Å². The van der Waals surface area contributed by atoms with Crippen LogP contribution in [0.5, 0.6) is 0 Å². The number of hydrogen-bond donors (Lipinski definition) is 0. The summed E-state index contributed by atoms with van der Waals surface area (Å²) in [4.78, 5) is 0. The molecule has 2 heteroatoms. The van der Waals surface area contributed by atoms with Crippen LogP contribution < -0.4 is 0 Å². The molecule has 0 unspecified atom stereocenters. The molecule has 0 radical (unpaired) electrons.